The Morgan fingerprint density at radius 1 is 1.50 bits per heavy atom. The Morgan fingerprint density at radius 3 is 2.95 bits per heavy atom. The van der Waals surface area contributed by atoms with E-state index in [-0.39, 0.29) is 5.91 Å². The van der Waals surface area contributed by atoms with Crippen molar-refractivity contribution < 1.29 is 4.79 Å². The van der Waals surface area contributed by atoms with Crippen molar-refractivity contribution in [1.82, 2.24) is 10.2 Å². The largest absolute Gasteiger partial charge is 0.339 e. The molecule has 1 saturated heterocycles. The molecular weight excluding hydrogens is 272 g/mol. The summed E-state index contributed by atoms with van der Waals surface area (Å²) in [5, 5.41) is 3.86. The van der Waals surface area contributed by atoms with E-state index < -0.39 is 0 Å². The Hall–Kier alpha value is -1.32. The molecule has 1 unspecified atom stereocenters. The zero-order chi connectivity index (χ0) is 14.5. The monoisotopic (exact) mass is 292 g/mol. The number of hydrogen-bond donors (Lipinski definition) is 1. The molecule has 1 fully saturated rings. The molecule has 1 atom stereocenters. The molecule has 1 heterocycles. The van der Waals surface area contributed by atoms with E-state index in [1.807, 2.05) is 43.1 Å². The maximum atomic E-state index is 12.3. The second-order valence-corrected chi connectivity index (χ2v) is 5.71. The average molecular weight is 293 g/mol. The fourth-order valence-electron chi connectivity index (χ4n) is 2.62. The minimum atomic E-state index is 0.0843. The fourth-order valence-corrected chi connectivity index (χ4v) is 2.91. The Balaban J connectivity index is 2.04. The van der Waals surface area contributed by atoms with Crippen LogP contribution in [0.15, 0.2) is 30.3 Å². The van der Waals surface area contributed by atoms with E-state index in [9.17, 15) is 4.79 Å². The summed E-state index contributed by atoms with van der Waals surface area (Å²) in [7, 11) is 1.95. The molecule has 0 radical (unpaired) electrons. The van der Waals surface area contributed by atoms with Crippen LogP contribution in [-0.2, 0) is 4.79 Å². The Kier molecular flexibility index (Phi) is 5.21. The number of carbonyl (C=O) groups excluding carboxylic acids is 1. The van der Waals surface area contributed by atoms with Crippen molar-refractivity contribution in [3.05, 3.63) is 40.9 Å². The number of nitrogens with zero attached hydrogens (tertiary/aromatic N) is 1. The number of carbonyl (C=O) groups is 1. The number of hydrogen-bond acceptors (Lipinski definition) is 2. The summed E-state index contributed by atoms with van der Waals surface area (Å²) >= 11 is 6.15. The van der Waals surface area contributed by atoms with Crippen LogP contribution in [0.3, 0.4) is 0 Å². The van der Waals surface area contributed by atoms with Gasteiger partial charge in [-0.25, -0.2) is 0 Å². The van der Waals surface area contributed by atoms with Crippen LogP contribution < -0.4 is 5.32 Å². The molecule has 1 aliphatic rings. The predicted molar refractivity (Wildman–Crippen MR) is 83.7 cm³/mol. The van der Waals surface area contributed by atoms with Gasteiger partial charge in [0.15, 0.2) is 0 Å². The van der Waals surface area contributed by atoms with Gasteiger partial charge >= 0.3 is 0 Å². The molecule has 1 aromatic carbocycles. The van der Waals surface area contributed by atoms with Crippen LogP contribution in [0, 0.1) is 5.92 Å². The molecule has 1 N–H and O–H groups in total. The van der Waals surface area contributed by atoms with Gasteiger partial charge in [-0.3, -0.25) is 4.79 Å². The highest BCUT2D eigenvalue weighted by Gasteiger charge is 2.24. The van der Waals surface area contributed by atoms with E-state index in [0.717, 1.165) is 37.2 Å². The van der Waals surface area contributed by atoms with E-state index in [1.54, 1.807) is 6.08 Å². The van der Waals surface area contributed by atoms with Gasteiger partial charge in [-0.2, -0.15) is 0 Å². The Labute approximate surface area is 125 Å². The molecule has 3 nitrogen and oxygen atoms in total. The van der Waals surface area contributed by atoms with Crippen LogP contribution in [0.25, 0.3) is 5.57 Å². The second-order valence-electron chi connectivity index (χ2n) is 5.30. The topological polar surface area (TPSA) is 32.3 Å². The van der Waals surface area contributed by atoms with E-state index in [0.29, 0.717) is 10.9 Å². The van der Waals surface area contributed by atoms with Gasteiger partial charge in [0.05, 0.1) is 0 Å². The maximum Gasteiger partial charge on any atom is 0.246 e. The van der Waals surface area contributed by atoms with Crippen LogP contribution in [0.4, 0.5) is 0 Å². The Bertz CT molecular complexity index is 513. The molecule has 108 valence electrons. The van der Waals surface area contributed by atoms with Crippen molar-refractivity contribution in [1.29, 1.82) is 0 Å². The first-order valence-corrected chi connectivity index (χ1v) is 7.36. The van der Waals surface area contributed by atoms with Crippen molar-refractivity contribution in [3.8, 4) is 0 Å². The summed E-state index contributed by atoms with van der Waals surface area (Å²) < 4.78 is 0. The molecule has 0 aromatic heterocycles. The molecule has 1 amide bonds. The van der Waals surface area contributed by atoms with Gasteiger partial charge in [-0.05, 0) is 50.1 Å². The molecule has 1 aliphatic heterocycles. The fraction of sp³-hybridized carbons (Fsp3) is 0.438. The predicted octanol–water partition coefficient (Wildman–Crippen LogP) is 2.81. The molecule has 0 spiro atoms. The molecule has 1 aromatic rings. The highest BCUT2D eigenvalue weighted by molar-refractivity contribution is 6.32. The third-order valence-electron chi connectivity index (χ3n) is 3.73. The third-order valence-corrected chi connectivity index (χ3v) is 4.06. The molecule has 4 heteroatoms. The first-order valence-electron chi connectivity index (χ1n) is 6.98. The zero-order valence-electron chi connectivity index (χ0n) is 12.0. The summed E-state index contributed by atoms with van der Waals surface area (Å²) in [5.74, 6) is 0.652. The lowest BCUT2D eigenvalue weighted by Gasteiger charge is -2.15. The first-order chi connectivity index (χ1) is 9.61. The molecule has 2 rings (SSSR count). The minimum Gasteiger partial charge on any atom is -0.339 e. The number of allylic oxidation sites excluding steroid dienone is 1. The van der Waals surface area contributed by atoms with E-state index in [2.05, 4.69) is 5.32 Å². The summed E-state index contributed by atoms with van der Waals surface area (Å²) in [6.07, 6.45) is 2.77. The van der Waals surface area contributed by atoms with Crippen molar-refractivity contribution in [2.45, 2.75) is 13.3 Å². The van der Waals surface area contributed by atoms with Gasteiger partial charge in [0.2, 0.25) is 5.91 Å². The third kappa shape index (κ3) is 3.62. The van der Waals surface area contributed by atoms with Crippen molar-refractivity contribution in [3.63, 3.8) is 0 Å². The highest BCUT2D eigenvalue weighted by Crippen LogP contribution is 2.24. The standard InChI is InChI=1S/C16H21ClN2O/c1-12(14-5-3-4-6-15(14)17)9-16(20)19-8-7-13(11-19)10-18-2/h3-6,9,13,18H,7-8,10-11H2,1-2H3/b12-9+. The molecular formula is C16H21ClN2O. The highest BCUT2D eigenvalue weighted by atomic mass is 35.5. The number of benzene rings is 1. The lowest BCUT2D eigenvalue weighted by molar-refractivity contribution is -0.125. The van der Waals surface area contributed by atoms with Crippen LogP contribution in [0.1, 0.15) is 18.9 Å². The van der Waals surface area contributed by atoms with Gasteiger partial charge in [0.25, 0.3) is 0 Å². The number of amides is 1. The van der Waals surface area contributed by atoms with Crippen LogP contribution in [-0.4, -0.2) is 37.5 Å². The van der Waals surface area contributed by atoms with Gasteiger partial charge in [0.1, 0.15) is 0 Å². The molecule has 20 heavy (non-hydrogen) atoms. The summed E-state index contributed by atoms with van der Waals surface area (Å²) in [4.78, 5) is 14.2. The van der Waals surface area contributed by atoms with E-state index in [1.165, 1.54) is 0 Å². The van der Waals surface area contributed by atoms with Gasteiger partial charge in [-0.15, -0.1) is 0 Å². The molecule has 0 aliphatic carbocycles. The average Bonchev–Trinajstić information content (AvgIpc) is 2.88. The molecule has 0 bridgehead atoms. The maximum absolute atomic E-state index is 12.3. The Morgan fingerprint density at radius 2 is 2.25 bits per heavy atom. The van der Waals surface area contributed by atoms with Crippen LogP contribution >= 0.6 is 11.6 Å². The van der Waals surface area contributed by atoms with Gasteiger partial charge < -0.3 is 10.2 Å². The number of halogens is 1. The number of rotatable bonds is 4. The van der Waals surface area contributed by atoms with E-state index >= 15 is 0 Å². The second kappa shape index (κ2) is 6.91. The lowest BCUT2D eigenvalue weighted by Crippen LogP contribution is -2.29. The smallest absolute Gasteiger partial charge is 0.246 e. The first kappa shape index (κ1) is 15.1. The van der Waals surface area contributed by atoms with Crippen LogP contribution in [0.2, 0.25) is 5.02 Å². The SMILES string of the molecule is CNCC1CCN(C(=O)/C=C(\C)c2ccccc2Cl)C1. The zero-order valence-corrected chi connectivity index (χ0v) is 12.8. The summed E-state index contributed by atoms with van der Waals surface area (Å²) in [5.41, 5.74) is 1.84. The molecule has 0 saturated carbocycles. The van der Waals surface area contributed by atoms with Crippen LogP contribution in [0.5, 0.6) is 0 Å². The summed E-state index contributed by atoms with van der Waals surface area (Å²) in [6, 6.07) is 7.61. The number of likely N-dealkylation sites (tertiary alicyclic amines) is 1. The number of nitrogens with one attached hydrogen (secondary N) is 1. The van der Waals surface area contributed by atoms with Gasteiger partial charge in [-0.1, -0.05) is 29.8 Å². The van der Waals surface area contributed by atoms with E-state index in [4.69, 9.17) is 11.6 Å². The van der Waals surface area contributed by atoms with Gasteiger partial charge in [0, 0.05) is 24.2 Å². The summed E-state index contributed by atoms with van der Waals surface area (Å²) in [6.45, 7) is 4.58. The lowest BCUT2D eigenvalue weighted by atomic mass is 10.1. The quantitative estimate of drug-likeness (QED) is 0.866. The normalized spacial score (nSPS) is 19.4. The minimum absolute atomic E-state index is 0.0843. The van der Waals surface area contributed by atoms with Crippen molar-refractivity contribution in [2.75, 3.05) is 26.7 Å². The van der Waals surface area contributed by atoms with Crippen molar-refractivity contribution >= 4 is 23.1 Å². The van der Waals surface area contributed by atoms with Crippen molar-refractivity contribution in [2.24, 2.45) is 5.92 Å².